The van der Waals surface area contributed by atoms with Crippen molar-refractivity contribution in [2.24, 2.45) is 0 Å². The van der Waals surface area contributed by atoms with Gasteiger partial charge in [0.1, 0.15) is 0 Å². The van der Waals surface area contributed by atoms with Gasteiger partial charge in [-0.2, -0.15) is 0 Å². The Hall–Kier alpha value is -2.33. The van der Waals surface area contributed by atoms with Gasteiger partial charge in [0.15, 0.2) is 0 Å². The number of amides is 1. The van der Waals surface area contributed by atoms with Gasteiger partial charge in [0, 0.05) is 39.9 Å². The van der Waals surface area contributed by atoms with Crippen LogP contribution in [0.4, 0.5) is 5.69 Å². The van der Waals surface area contributed by atoms with E-state index in [1.807, 2.05) is 35.2 Å². The highest BCUT2D eigenvalue weighted by Gasteiger charge is 2.46. The number of likely N-dealkylation sites (tertiary alicyclic amines) is 1. The number of benzene rings is 3. The number of carbonyl (C=O) groups is 1. The van der Waals surface area contributed by atoms with Crippen LogP contribution in [0.2, 0.25) is 10.0 Å². The molecule has 1 atom stereocenters. The second kappa shape index (κ2) is 8.31. The summed E-state index contributed by atoms with van der Waals surface area (Å²) in [4.78, 5) is 18.1. The molecule has 0 aliphatic carbocycles. The van der Waals surface area contributed by atoms with Gasteiger partial charge in [0.25, 0.3) is 5.91 Å². The Kier molecular flexibility index (Phi) is 5.51. The average Bonchev–Trinajstić information content (AvgIpc) is 3.15. The summed E-state index contributed by atoms with van der Waals surface area (Å²) in [6.07, 6.45) is 3.18. The van der Waals surface area contributed by atoms with E-state index in [1.165, 1.54) is 11.1 Å². The highest BCUT2D eigenvalue weighted by Crippen LogP contribution is 2.42. The standard InChI is InChI=1S/C26H24Cl2N2O/c27-22-10-6-19(7-11-22)17-29-15-3-14-26(29)16-21-4-1-2-5-24(21)30(18-26)25(31)20-8-12-23(28)13-9-20/h1-2,4-13H,3,14-18H2. The summed E-state index contributed by atoms with van der Waals surface area (Å²) >= 11 is 12.1. The van der Waals surface area contributed by atoms with Crippen LogP contribution in [0, 0.1) is 0 Å². The molecule has 2 aliphatic heterocycles. The Morgan fingerprint density at radius 3 is 2.32 bits per heavy atom. The van der Waals surface area contributed by atoms with Crippen LogP contribution in [-0.4, -0.2) is 29.4 Å². The van der Waals surface area contributed by atoms with E-state index < -0.39 is 0 Å². The van der Waals surface area contributed by atoms with Crippen molar-refractivity contribution in [1.29, 1.82) is 0 Å². The van der Waals surface area contributed by atoms with E-state index in [1.54, 1.807) is 12.1 Å². The fourth-order valence-corrected chi connectivity index (χ4v) is 5.33. The molecule has 2 heterocycles. The van der Waals surface area contributed by atoms with Gasteiger partial charge in [-0.25, -0.2) is 0 Å². The van der Waals surface area contributed by atoms with Crippen LogP contribution in [0.1, 0.15) is 34.3 Å². The van der Waals surface area contributed by atoms with Gasteiger partial charge in [-0.3, -0.25) is 9.69 Å². The molecule has 0 radical (unpaired) electrons. The SMILES string of the molecule is O=C(c1ccc(Cl)cc1)N1CC2(CCCN2Cc2ccc(Cl)cc2)Cc2ccccc21. The number of hydrogen-bond acceptors (Lipinski definition) is 2. The predicted octanol–water partition coefficient (Wildman–Crippen LogP) is 6.23. The molecule has 3 aromatic rings. The van der Waals surface area contributed by atoms with Crippen LogP contribution in [0.25, 0.3) is 0 Å². The summed E-state index contributed by atoms with van der Waals surface area (Å²) in [5.74, 6) is 0.0292. The quantitative estimate of drug-likeness (QED) is 0.471. The molecule has 1 amide bonds. The van der Waals surface area contributed by atoms with Crippen molar-refractivity contribution in [3.8, 4) is 0 Å². The Bertz CT molecular complexity index is 1100. The van der Waals surface area contributed by atoms with Gasteiger partial charge >= 0.3 is 0 Å². The minimum Gasteiger partial charge on any atom is -0.306 e. The van der Waals surface area contributed by atoms with E-state index in [2.05, 4.69) is 35.2 Å². The lowest BCUT2D eigenvalue weighted by molar-refractivity contribution is 0.0916. The monoisotopic (exact) mass is 450 g/mol. The second-order valence-electron chi connectivity index (χ2n) is 8.58. The van der Waals surface area contributed by atoms with Crippen LogP contribution in [-0.2, 0) is 13.0 Å². The molecular formula is C26H24Cl2N2O. The number of fused-ring (bicyclic) bond motifs is 1. The van der Waals surface area contributed by atoms with Gasteiger partial charge < -0.3 is 4.90 Å². The van der Waals surface area contributed by atoms with Crippen LogP contribution in [0.15, 0.2) is 72.8 Å². The van der Waals surface area contributed by atoms with E-state index in [0.29, 0.717) is 17.1 Å². The van der Waals surface area contributed by atoms with Crippen LogP contribution in [0.3, 0.4) is 0 Å². The Morgan fingerprint density at radius 2 is 1.58 bits per heavy atom. The summed E-state index contributed by atoms with van der Waals surface area (Å²) in [5.41, 5.74) is 4.11. The van der Waals surface area contributed by atoms with Crippen molar-refractivity contribution in [2.75, 3.05) is 18.0 Å². The minimum atomic E-state index is -0.0594. The van der Waals surface area contributed by atoms with E-state index in [-0.39, 0.29) is 11.4 Å². The Labute approximate surface area is 193 Å². The van der Waals surface area contributed by atoms with E-state index in [9.17, 15) is 4.79 Å². The van der Waals surface area contributed by atoms with Crippen LogP contribution < -0.4 is 4.90 Å². The number of anilines is 1. The first-order valence-electron chi connectivity index (χ1n) is 10.7. The Balaban J connectivity index is 1.49. The first-order valence-corrected chi connectivity index (χ1v) is 11.4. The zero-order valence-electron chi connectivity index (χ0n) is 17.2. The molecule has 0 bridgehead atoms. The molecule has 5 heteroatoms. The molecule has 1 fully saturated rings. The highest BCUT2D eigenvalue weighted by atomic mass is 35.5. The fraction of sp³-hybridized carbons (Fsp3) is 0.269. The summed E-state index contributed by atoms with van der Waals surface area (Å²) in [6, 6.07) is 23.6. The van der Waals surface area contributed by atoms with Crippen molar-refractivity contribution in [3.63, 3.8) is 0 Å². The molecule has 0 N–H and O–H groups in total. The maximum Gasteiger partial charge on any atom is 0.258 e. The number of carbonyl (C=O) groups excluding carboxylic acids is 1. The molecular weight excluding hydrogens is 427 g/mol. The molecule has 158 valence electrons. The first kappa shape index (κ1) is 20.6. The summed E-state index contributed by atoms with van der Waals surface area (Å²) in [7, 11) is 0. The molecule has 0 aromatic heterocycles. The molecule has 1 unspecified atom stereocenters. The van der Waals surface area contributed by atoms with Gasteiger partial charge in [-0.15, -0.1) is 0 Å². The summed E-state index contributed by atoms with van der Waals surface area (Å²) in [5, 5.41) is 1.39. The van der Waals surface area contributed by atoms with E-state index >= 15 is 0 Å². The second-order valence-corrected chi connectivity index (χ2v) is 9.45. The Morgan fingerprint density at radius 1 is 0.903 bits per heavy atom. The number of nitrogens with zero attached hydrogens (tertiary/aromatic N) is 2. The lowest BCUT2D eigenvalue weighted by Gasteiger charge is -2.46. The maximum absolute atomic E-state index is 13.6. The topological polar surface area (TPSA) is 23.6 Å². The van der Waals surface area contributed by atoms with Crippen molar-refractivity contribution >= 4 is 34.8 Å². The zero-order chi connectivity index (χ0) is 21.4. The number of para-hydroxylation sites is 1. The van der Waals surface area contributed by atoms with E-state index in [0.717, 1.165) is 43.1 Å². The number of rotatable bonds is 3. The lowest BCUT2D eigenvalue weighted by Crippen LogP contribution is -2.57. The van der Waals surface area contributed by atoms with Crippen molar-refractivity contribution in [3.05, 3.63) is 99.5 Å². The third-order valence-electron chi connectivity index (χ3n) is 6.62. The average molecular weight is 451 g/mol. The van der Waals surface area contributed by atoms with Gasteiger partial charge in [-0.1, -0.05) is 53.5 Å². The molecule has 31 heavy (non-hydrogen) atoms. The van der Waals surface area contributed by atoms with Crippen molar-refractivity contribution < 1.29 is 4.79 Å². The smallest absolute Gasteiger partial charge is 0.258 e. The lowest BCUT2D eigenvalue weighted by atomic mass is 9.82. The van der Waals surface area contributed by atoms with E-state index in [4.69, 9.17) is 23.2 Å². The fourth-order valence-electron chi connectivity index (χ4n) is 5.07. The maximum atomic E-state index is 13.6. The molecule has 5 rings (SSSR count). The third kappa shape index (κ3) is 3.98. The molecule has 0 saturated carbocycles. The van der Waals surface area contributed by atoms with Crippen LogP contribution >= 0.6 is 23.2 Å². The summed E-state index contributed by atoms with van der Waals surface area (Å²) < 4.78 is 0. The minimum absolute atomic E-state index is 0.0292. The van der Waals surface area contributed by atoms with Gasteiger partial charge in [-0.05, 0) is 79.4 Å². The molecule has 1 spiro atoms. The van der Waals surface area contributed by atoms with Gasteiger partial charge in [0.05, 0.1) is 0 Å². The largest absolute Gasteiger partial charge is 0.306 e. The van der Waals surface area contributed by atoms with Gasteiger partial charge in [0.2, 0.25) is 0 Å². The third-order valence-corrected chi connectivity index (χ3v) is 7.12. The molecule has 2 aliphatic rings. The molecule has 3 nitrogen and oxygen atoms in total. The van der Waals surface area contributed by atoms with Crippen molar-refractivity contribution in [1.82, 2.24) is 4.90 Å². The highest BCUT2D eigenvalue weighted by molar-refractivity contribution is 6.31. The first-order chi connectivity index (χ1) is 15.0. The van der Waals surface area contributed by atoms with Crippen LogP contribution in [0.5, 0.6) is 0 Å². The number of halogens is 2. The number of hydrogen-bond donors (Lipinski definition) is 0. The summed E-state index contributed by atoms with van der Waals surface area (Å²) in [6.45, 7) is 2.59. The zero-order valence-corrected chi connectivity index (χ0v) is 18.7. The normalized spacial score (nSPS) is 20.8. The molecule has 1 saturated heterocycles. The van der Waals surface area contributed by atoms with Crippen molar-refractivity contribution in [2.45, 2.75) is 31.3 Å². The molecule has 3 aromatic carbocycles. The predicted molar refractivity (Wildman–Crippen MR) is 127 cm³/mol.